The molecule has 4 aromatic rings. The van der Waals surface area contributed by atoms with Crippen LogP contribution in [0, 0.1) is 11.3 Å². The predicted molar refractivity (Wildman–Crippen MR) is 101 cm³/mol. The Morgan fingerprint density at radius 2 is 1.93 bits per heavy atom. The lowest BCUT2D eigenvalue weighted by Crippen LogP contribution is -2.17. The molecule has 0 radical (unpaired) electrons. The number of tetrazole rings is 1. The summed E-state index contributed by atoms with van der Waals surface area (Å²) in [5.74, 6) is 0.0699. The highest BCUT2D eigenvalue weighted by molar-refractivity contribution is 6.30. The average molecular weight is 431 g/mol. The Balaban J connectivity index is 1.88. The SMILES string of the molecule is N#Cc1cn(Cc2nnnn2-c2ccc(Cl)cc2C(F)(F)F)c2ccccc2c1=O. The fraction of sp³-hybridized carbons (Fsp3) is 0.105. The van der Waals surface area contributed by atoms with E-state index in [1.54, 1.807) is 28.8 Å². The summed E-state index contributed by atoms with van der Waals surface area (Å²) in [5, 5.41) is 20.5. The maximum absolute atomic E-state index is 13.5. The lowest BCUT2D eigenvalue weighted by atomic mass is 10.1. The topological polar surface area (TPSA) is 89.4 Å². The van der Waals surface area contributed by atoms with Gasteiger partial charge in [0.25, 0.3) is 0 Å². The minimum absolute atomic E-state index is 0.0699. The molecule has 0 bridgehead atoms. The Hall–Kier alpha value is -3.71. The van der Waals surface area contributed by atoms with Crippen LogP contribution in [0.15, 0.2) is 53.5 Å². The number of hydrogen-bond donors (Lipinski definition) is 0. The molecule has 0 spiro atoms. The van der Waals surface area contributed by atoms with E-state index in [0.717, 1.165) is 10.7 Å². The Labute approximate surface area is 171 Å². The van der Waals surface area contributed by atoms with Gasteiger partial charge in [0, 0.05) is 16.6 Å². The summed E-state index contributed by atoms with van der Waals surface area (Å²) in [7, 11) is 0. The number of para-hydroxylation sites is 1. The molecule has 0 aliphatic rings. The number of benzene rings is 2. The van der Waals surface area contributed by atoms with Crippen molar-refractivity contribution < 1.29 is 13.2 Å². The molecule has 7 nitrogen and oxygen atoms in total. The average Bonchev–Trinajstić information content (AvgIpc) is 3.17. The third-order valence-corrected chi connectivity index (χ3v) is 4.68. The van der Waals surface area contributed by atoms with Gasteiger partial charge in [-0.25, -0.2) is 0 Å². The molecule has 2 heterocycles. The van der Waals surface area contributed by atoms with Crippen LogP contribution < -0.4 is 5.43 Å². The van der Waals surface area contributed by atoms with Crippen LogP contribution in [0.5, 0.6) is 0 Å². The van der Waals surface area contributed by atoms with E-state index in [2.05, 4.69) is 15.5 Å². The van der Waals surface area contributed by atoms with E-state index in [-0.39, 0.29) is 28.6 Å². The molecule has 2 aromatic carbocycles. The summed E-state index contributed by atoms with van der Waals surface area (Å²) in [6, 6.07) is 11.7. The minimum Gasteiger partial charge on any atom is -0.338 e. The number of fused-ring (bicyclic) bond motifs is 1. The van der Waals surface area contributed by atoms with Crippen molar-refractivity contribution in [3.8, 4) is 11.8 Å². The van der Waals surface area contributed by atoms with Crippen molar-refractivity contribution in [1.82, 2.24) is 24.8 Å². The number of hydrogen-bond acceptors (Lipinski definition) is 5. The second-order valence-corrected chi connectivity index (χ2v) is 6.73. The van der Waals surface area contributed by atoms with Crippen molar-refractivity contribution in [3.63, 3.8) is 0 Å². The first-order valence-corrected chi connectivity index (χ1v) is 8.84. The number of pyridine rings is 1. The quantitative estimate of drug-likeness (QED) is 0.495. The molecule has 0 aliphatic heterocycles. The highest BCUT2D eigenvalue weighted by Gasteiger charge is 2.35. The number of nitrogens with zero attached hydrogens (tertiary/aromatic N) is 6. The molecule has 150 valence electrons. The lowest BCUT2D eigenvalue weighted by molar-refractivity contribution is -0.137. The largest absolute Gasteiger partial charge is 0.418 e. The lowest BCUT2D eigenvalue weighted by Gasteiger charge is -2.15. The van der Waals surface area contributed by atoms with Gasteiger partial charge in [-0.15, -0.1) is 5.10 Å². The highest BCUT2D eigenvalue weighted by atomic mass is 35.5. The number of aromatic nitrogens is 5. The van der Waals surface area contributed by atoms with Gasteiger partial charge in [0.15, 0.2) is 5.82 Å². The smallest absolute Gasteiger partial charge is 0.338 e. The van der Waals surface area contributed by atoms with Crippen LogP contribution in [-0.4, -0.2) is 24.8 Å². The normalized spacial score (nSPS) is 11.6. The third-order valence-electron chi connectivity index (χ3n) is 4.45. The standard InChI is InChI=1S/C19H10ClF3N6O/c20-12-5-6-16(14(7-12)19(21,22)23)29-17(25-26-27-29)10-28-9-11(8-24)18(30)13-3-1-2-4-15(13)28/h1-7,9H,10H2. The number of alkyl halides is 3. The summed E-state index contributed by atoms with van der Waals surface area (Å²) in [5.41, 5.74) is -1.33. The van der Waals surface area contributed by atoms with Crippen molar-refractivity contribution in [2.75, 3.05) is 0 Å². The molecule has 0 N–H and O–H groups in total. The van der Waals surface area contributed by atoms with Crippen molar-refractivity contribution in [2.45, 2.75) is 12.7 Å². The summed E-state index contributed by atoms with van der Waals surface area (Å²) < 4.78 is 43.0. The van der Waals surface area contributed by atoms with Crippen LogP contribution in [-0.2, 0) is 12.7 Å². The molecule has 0 aliphatic carbocycles. The Morgan fingerprint density at radius 3 is 2.67 bits per heavy atom. The molecular formula is C19H10ClF3N6O. The maximum Gasteiger partial charge on any atom is 0.418 e. The Kier molecular flexibility index (Phi) is 4.75. The van der Waals surface area contributed by atoms with Gasteiger partial charge in [0.05, 0.1) is 23.3 Å². The van der Waals surface area contributed by atoms with Gasteiger partial charge in [0.2, 0.25) is 5.43 Å². The van der Waals surface area contributed by atoms with E-state index in [1.165, 1.54) is 18.3 Å². The van der Waals surface area contributed by atoms with Crippen LogP contribution in [0.1, 0.15) is 17.0 Å². The summed E-state index contributed by atoms with van der Waals surface area (Å²) in [4.78, 5) is 12.4. The monoisotopic (exact) mass is 430 g/mol. The molecule has 11 heteroatoms. The first-order valence-electron chi connectivity index (χ1n) is 8.46. The number of halogens is 4. The number of nitriles is 1. The summed E-state index contributed by atoms with van der Waals surface area (Å²) in [6.07, 6.45) is -3.35. The Bertz CT molecular complexity index is 1370. The van der Waals surface area contributed by atoms with E-state index in [9.17, 15) is 23.2 Å². The molecule has 0 amide bonds. The molecule has 0 saturated heterocycles. The van der Waals surface area contributed by atoms with Crippen molar-refractivity contribution >= 4 is 22.5 Å². The van der Waals surface area contributed by atoms with Gasteiger partial charge in [-0.3, -0.25) is 4.79 Å². The van der Waals surface area contributed by atoms with Crippen molar-refractivity contribution in [2.24, 2.45) is 0 Å². The Morgan fingerprint density at radius 1 is 1.17 bits per heavy atom. The van der Waals surface area contributed by atoms with Crippen molar-refractivity contribution in [3.05, 3.63) is 80.9 Å². The van der Waals surface area contributed by atoms with Gasteiger partial charge in [-0.05, 0) is 40.8 Å². The van der Waals surface area contributed by atoms with E-state index < -0.39 is 17.2 Å². The fourth-order valence-electron chi connectivity index (χ4n) is 3.12. The van der Waals surface area contributed by atoms with Crippen LogP contribution in [0.4, 0.5) is 13.2 Å². The van der Waals surface area contributed by atoms with Gasteiger partial charge < -0.3 is 4.57 Å². The molecule has 0 fully saturated rings. The fourth-order valence-corrected chi connectivity index (χ4v) is 3.29. The van der Waals surface area contributed by atoms with Crippen LogP contribution in [0.2, 0.25) is 5.02 Å². The zero-order valence-electron chi connectivity index (χ0n) is 14.9. The van der Waals surface area contributed by atoms with Gasteiger partial charge >= 0.3 is 6.18 Å². The predicted octanol–water partition coefficient (Wildman–Crippen LogP) is 3.57. The van der Waals surface area contributed by atoms with E-state index in [4.69, 9.17) is 11.6 Å². The van der Waals surface area contributed by atoms with E-state index in [1.807, 2.05) is 6.07 Å². The molecular weight excluding hydrogens is 421 g/mol. The second kappa shape index (κ2) is 7.27. The third kappa shape index (κ3) is 3.40. The van der Waals surface area contributed by atoms with E-state index >= 15 is 0 Å². The first kappa shape index (κ1) is 19.6. The highest BCUT2D eigenvalue weighted by Crippen LogP contribution is 2.35. The molecule has 30 heavy (non-hydrogen) atoms. The zero-order chi connectivity index (χ0) is 21.5. The second-order valence-electron chi connectivity index (χ2n) is 6.29. The molecule has 0 unspecified atom stereocenters. The van der Waals surface area contributed by atoms with Crippen LogP contribution in [0.25, 0.3) is 16.6 Å². The van der Waals surface area contributed by atoms with Crippen molar-refractivity contribution in [1.29, 1.82) is 5.26 Å². The zero-order valence-corrected chi connectivity index (χ0v) is 15.7. The van der Waals surface area contributed by atoms with Gasteiger partial charge in [-0.1, -0.05) is 23.7 Å². The molecule has 2 aromatic heterocycles. The molecule has 4 rings (SSSR count). The number of rotatable bonds is 3. The van der Waals surface area contributed by atoms with Crippen LogP contribution in [0.3, 0.4) is 0 Å². The summed E-state index contributed by atoms with van der Waals surface area (Å²) >= 11 is 5.74. The van der Waals surface area contributed by atoms with E-state index in [0.29, 0.717) is 10.9 Å². The van der Waals surface area contributed by atoms with Gasteiger partial charge in [-0.2, -0.15) is 23.1 Å². The molecule has 0 atom stereocenters. The van der Waals surface area contributed by atoms with Gasteiger partial charge in [0.1, 0.15) is 11.6 Å². The summed E-state index contributed by atoms with van der Waals surface area (Å²) in [6.45, 7) is -0.0810. The first-order chi connectivity index (χ1) is 14.3. The maximum atomic E-state index is 13.5. The van der Waals surface area contributed by atoms with Crippen LogP contribution >= 0.6 is 11.6 Å². The minimum atomic E-state index is -4.68. The molecule has 0 saturated carbocycles.